The van der Waals surface area contributed by atoms with Gasteiger partial charge < -0.3 is 5.11 Å². The minimum atomic E-state index is -2.47. The predicted octanol–water partition coefficient (Wildman–Crippen LogP) is -1.03. The average Bonchev–Trinajstić information content (AvgIpc) is 1.88. The maximum absolute atomic E-state index is 10.4. The van der Waals surface area contributed by atoms with Crippen molar-refractivity contribution in [2.75, 3.05) is 13.1 Å². The van der Waals surface area contributed by atoms with Crippen LogP contribution >= 0.6 is 0 Å². The summed E-state index contributed by atoms with van der Waals surface area (Å²) in [5.74, 6) is 0. The van der Waals surface area contributed by atoms with E-state index < -0.39 is 17.0 Å². The molecule has 5 heteroatoms. The topological polar surface area (TPSA) is 57.6 Å². The Labute approximate surface area is 61.5 Å². The van der Waals surface area contributed by atoms with Gasteiger partial charge in [0.05, 0.1) is 6.10 Å². The van der Waals surface area contributed by atoms with E-state index in [9.17, 15) is 8.42 Å². The third-order valence-electron chi connectivity index (χ3n) is 1.61. The summed E-state index contributed by atoms with van der Waals surface area (Å²) in [6.07, 6.45) is 1.03. The fourth-order valence-corrected chi connectivity index (χ4v) is 1.71. The second-order valence-corrected chi connectivity index (χ2v) is 3.49. The molecule has 4 nitrogen and oxygen atoms in total. The lowest BCUT2D eigenvalue weighted by Gasteiger charge is -2.24. The zero-order chi connectivity index (χ0) is 7.56. The first-order valence-corrected chi connectivity index (χ1v) is 4.40. The lowest BCUT2D eigenvalue weighted by molar-refractivity contribution is 0.109. The number of piperidine rings is 1. The van der Waals surface area contributed by atoms with Gasteiger partial charge in [0.1, 0.15) is 0 Å². The Morgan fingerprint density at radius 1 is 1.50 bits per heavy atom. The minimum absolute atomic E-state index is 0.276. The Morgan fingerprint density at radius 3 is 2.60 bits per heavy atom. The molecule has 10 heavy (non-hydrogen) atoms. The first-order valence-electron chi connectivity index (χ1n) is 3.27. The fourth-order valence-electron chi connectivity index (χ4n) is 1.08. The van der Waals surface area contributed by atoms with Crippen LogP contribution in [0.4, 0.5) is 0 Å². The van der Waals surface area contributed by atoms with Crippen molar-refractivity contribution in [2.24, 2.45) is 0 Å². The molecule has 0 aromatic rings. The highest BCUT2D eigenvalue weighted by Gasteiger charge is 2.18. The van der Waals surface area contributed by atoms with Gasteiger partial charge in [-0.3, -0.25) is 0 Å². The molecule has 0 aliphatic carbocycles. The van der Waals surface area contributed by atoms with E-state index in [1.807, 2.05) is 0 Å². The van der Waals surface area contributed by atoms with E-state index in [0.29, 0.717) is 6.54 Å². The molecule has 0 spiro atoms. The highest BCUT2D eigenvalue weighted by atomic mass is 32.2. The van der Waals surface area contributed by atoms with E-state index in [-0.39, 0.29) is 6.54 Å². The van der Waals surface area contributed by atoms with Gasteiger partial charge in [0.15, 0.2) is 0 Å². The smallest absolute Gasteiger partial charge is 0.204 e. The molecule has 1 aliphatic heterocycles. The summed E-state index contributed by atoms with van der Waals surface area (Å²) in [4.78, 5) is 0. The maximum Gasteiger partial charge on any atom is 0.204 e. The highest BCUT2D eigenvalue weighted by Crippen LogP contribution is 2.08. The van der Waals surface area contributed by atoms with Crippen LogP contribution < -0.4 is 0 Å². The van der Waals surface area contributed by atoms with Gasteiger partial charge in [-0.1, -0.05) is 0 Å². The molecular formula is C5H11NO3S. The number of β-amino-alcohol motifs (C(OH)–C–C–N with tert-alkyl or cyclic N) is 1. The molecular weight excluding hydrogens is 154 g/mol. The quantitative estimate of drug-likeness (QED) is 0.488. The Balaban J connectivity index is 2.47. The molecule has 0 unspecified atom stereocenters. The normalized spacial score (nSPS) is 29.2. The number of aliphatic hydroxyl groups is 1. The zero-order valence-electron chi connectivity index (χ0n) is 5.56. The van der Waals surface area contributed by atoms with Gasteiger partial charge in [0.2, 0.25) is 10.9 Å². The lowest BCUT2D eigenvalue weighted by Crippen LogP contribution is -2.36. The summed E-state index contributed by atoms with van der Waals surface area (Å²) in [6, 6.07) is 0. The average molecular weight is 165 g/mol. The van der Waals surface area contributed by atoms with Crippen molar-refractivity contribution in [2.45, 2.75) is 18.9 Å². The van der Waals surface area contributed by atoms with Gasteiger partial charge in [-0.15, -0.1) is 0 Å². The second kappa shape index (κ2) is 3.32. The molecule has 1 N–H and O–H groups in total. The van der Waals surface area contributed by atoms with E-state index >= 15 is 0 Å². The minimum Gasteiger partial charge on any atom is -0.392 e. The van der Waals surface area contributed by atoms with Crippen LogP contribution in [0.1, 0.15) is 12.8 Å². The van der Waals surface area contributed by atoms with Gasteiger partial charge in [-0.05, 0) is 12.8 Å². The first kappa shape index (κ1) is 7.97. The summed E-state index contributed by atoms with van der Waals surface area (Å²) in [5, 5.41) is 9.02. The Kier molecular flexibility index (Phi) is 2.64. The summed E-state index contributed by atoms with van der Waals surface area (Å²) >= 11 is 0. The molecule has 0 aromatic carbocycles. The van der Waals surface area contributed by atoms with Crippen LogP contribution in [0.25, 0.3) is 0 Å². The van der Waals surface area contributed by atoms with Crippen LogP contribution in [-0.4, -0.2) is 37.0 Å². The summed E-state index contributed by atoms with van der Waals surface area (Å²) < 4.78 is 22.0. The second-order valence-electron chi connectivity index (χ2n) is 2.45. The number of hydrogen-bond acceptors (Lipinski definition) is 3. The Bertz CT molecular complexity index is 172. The van der Waals surface area contributed by atoms with Crippen molar-refractivity contribution in [1.82, 2.24) is 4.31 Å². The van der Waals surface area contributed by atoms with Crippen LogP contribution in [0, 0.1) is 0 Å². The number of rotatable bonds is 1. The summed E-state index contributed by atoms with van der Waals surface area (Å²) in [5.41, 5.74) is 0. The SMILES string of the molecule is O=[SH](=O)N1CCC[C@H](O)C1. The standard InChI is InChI=1S/C5H11NO3S/c7-5-2-1-3-6(4-5)10(8)9/h5,7,10H,1-4H2/t5-/m0/s1. The van der Waals surface area contributed by atoms with Crippen molar-refractivity contribution in [1.29, 1.82) is 0 Å². The third-order valence-corrected chi connectivity index (χ3v) is 2.43. The molecule has 0 radical (unpaired) electrons. The summed E-state index contributed by atoms with van der Waals surface area (Å²) in [7, 11) is -2.47. The molecule has 0 saturated carbocycles. The first-order chi connectivity index (χ1) is 4.70. The fraction of sp³-hybridized carbons (Fsp3) is 1.00. The van der Waals surface area contributed by atoms with Gasteiger partial charge in [0, 0.05) is 13.1 Å². The third kappa shape index (κ3) is 1.93. The van der Waals surface area contributed by atoms with Crippen LogP contribution in [-0.2, 0) is 10.9 Å². The van der Waals surface area contributed by atoms with E-state index in [1.165, 1.54) is 4.31 Å². The van der Waals surface area contributed by atoms with E-state index in [1.54, 1.807) is 0 Å². The van der Waals surface area contributed by atoms with Crippen molar-refractivity contribution in [3.8, 4) is 0 Å². The molecule has 1 aliphatic rings. The van der Waals surface area contributed by atoms with Gasteiger partial charge in [-0.2, -0.15) is 0 Å². The van der Waals surface area contributed by atoms with Crippen LogP contribution in [0.2, 0.25) is 0 Å². The van der Waals surface area contributed by atoms with Gasteiger partial charge in [0.25, 0.3) is 0 Å². The molecule has 0 aromatic heterocycles. The lowest BCUT2D eigenvalue weighted by atomic mass is 10.1. The predicted molar refractivity (Wildman–Crippen MR) is 37.1 cm³/mol. The molecule has 1 fully saturated rings. The molecule has 1 heterocycles. The van der Waals surface area contributed by atoms with Crippen LogP contribution in [0.5, 0.6) is 0 Å². The van der Waals surface area contributed by atoms with Crippen molar-refractivity contribution in [3.63, 3.8) is 0 Å². The molecule has 1 saturated heterocycles. The molecule has 0 bridgehead atoms. The van der Waals surface area contributed by atoms with Crippen LogP contribution in [0.3, 0.4) is 0 Å². The zero-order valence-corrected chi connectivity index (χ0v) is 6.46. The molecule has 1 atom stereocenters. The Hall–Kier alpha value is -0.130. The number of hydrogen-bond donors (Lipinski definition) is 2. The van der Waals surface area contributed by atoms with E-state index in [4.69, 9.17) is 5.11 Å². The van der Waals surface area contributed by atoms with E-state index in [0.717, 1.165) is 12.8 Å². The van der Waals surface area contributed by atoms with Crippen molar-refractivity contribution < 1.29 is 13.5 Å². The van der Waals surface area contributed by atoms with Crippen molar-refractivity contribution >= 4 is 10.9 Å². The number of thiol groups is 1. The van der Waals surface area contributed by atoms with Gasteiger partial charge >= 0.3 is 0 Å². The van der Waals surface area contributed by atoms with E-state index in [2.05, 4.69) is 0 Å². The molecule has 1 rings (SSSR count). The Morgan fingerprint density at radius 2 is 2.20 bits per heavy atom. The largest absolute Gasteiger partial charge is 0.392 e. The number of aliphatic hydroxyl groups excluding tert-OH is 1. The molecule has 60 valence electrons. The van der Waals surface area contributed by atoms with Crippen LogP contribution in [0.15, 0.2) is 0 Å². The maximum atomic E-state index is 10.4. The van der Waals surface area contributed by atoms with Gasteiger partial charge in [-0.25, -0.2) is 12.7 Å². The van der Waals surface area contributed by atoms with Crippen molar-refractivity contribution in [3.05, 3.63) is 0 Å². The molecule has 0 amide bonds. The number of nitrogens with zero attached hydrogens (tertiary/aromatic N) is 1. The summed E-state index contributed by atoms with van der Waals surface area (Å²) in [6.45, 7) is 0.842. The highest BCUT2D eigenvalue weighted by molar-refractivity contribution is 7.69. The monoisotopic (exact) mass is 165 g/mol.